The number of aryl methyl sites for hydroxylation is 2. The van der Waals surface area contributed by atoms with Crippen LogP contribution in [0.4, 0.5) is 10.3 Å². The molecule has 0 saturated heterocycles. The van der Waals surface area contributed by atoms with Crippen LogP contribution in [0.15, 0.2) is 42.5 Å². The topological polar surface area (TPSA) is 143 Å². The standard InChI is InChI=1S/C28H30FN5O5/c1-15-10-17(4-8-21(15)29)13-30-25(36)23-12-24(34-28(33-23)31-16(2)14-35)26(37)32-22-9-6-18-11-19(27(38)39-3)5-7-20(18)22/h4-5,7-8,10-12,16,22,35H,6,9,13-14H2,1-3H3,(H,30,36)(H,32,37)(H,31,33,34)/t16-,22+/m1/s1. The van der Waals surface area contributed by atoms with Crippen LogP contribution in [0.5, 0.6) is 0 Å². The average Bonchev–Trinajstić information content (AvgIpc) is 3.34. The number of nitrogens with one attached hydrogen (secondary N) is 3. The van der Waals surface area contributed by atoms with Gasteiger partial charge in [0.2, 0.25) is 5.95 Å². The number of rotatable bonds is 9. The molecule has 2 amide bonds. The lowest BCUT2D eigenvalue weighted by molar-refractivity contribution is 0.0600. The molecule has 2 aromatic carbocycles. The summed E-state index contributed by atoms with van der Waals surface area (Å²) < 4.78 is 18.3. The van der Waals surface area contributed by atoms with Crippen molar-refractivity contribution >= 4 is 23.7 Å². The molecular weight excluding hydrogens is 505 g/mol. The van der Waals surface area contributed by atoms with E-state index in [2.05, 4.69) is 25.9 Å². The second kappa shape index (κ2) is 12.0. The second-order valence-electron chi connectivity index (χ2n) is 9.43. The smallest absolute Gasteiger partial charge is 0.337 e. The average molecular weight is 536 g/mol. The number of esters is 1. The van der Waals surface area contributed by atoms with Gasteiger partial charge < -0.3 is 25.8 Å². The number of amides is 2. The minimum Gasteiger partial charge on any atom is -0.465 e. The lowest BCUT2D eigenvalue weighted by Crippen LogP contribution is -2.31. The van der Waals surface area contributed by atoms with E-state index < -0.39 is 23.8 Å². The van der Waals surface area contributed by atoms with Crippen LogP contribution in [0.2, 0.25) is 0 Å². The zero-order valence-electron chi connectivity index (χ0n) is 21.9. The highest BCUT2D eigenvalue weighted by Crippen LogP contribution is 2.32. The van der Waals surface area contributed by atoms with Crippen molar-refractivity contribution in [1.82, 2.24) is 20.6 Å². The summed E-state index contributed by atoms with van der Waals surface area (Å²) in [5.74, 6) is -1.80. The van der Waals surface area contributed by atoms with Gasteiger partial charge in [-0.2, -0.15) is 0 Å². The molecule has 1 aliphatic carbocycles. The first-order valence-corrected chi connectivity index (χ1v) is 12.5. The van der Waals surface area contributed by atoms with Gasteiger partial charge in [0.1, 0.15) is 17.2 Å². The summed E-state index contributed by atoms with van der Waals surface area (Å²) in [5.41, 5.74) is 3.38. The fraction of sp³-hybridized carbons (Fsp3) is 0.321. The molecule has 39 heavy (non-hydrogen) atoms. The van der Waals surface area contributed by atoms with Crippen LogP contribution in [0, 0.1) is 12.7 Å². The first-order chi connectivity index (χ1) is 18.7. The number of anilines is 1. The number of halogens is 1. The van der Waals surface area contributed by atoms with Crippen LogP contribution in [-0.2, 0) is 17.7 Å². The van der Waals surface area contributed by atoms with Gasteiger partial charge in [-0.3, -0.25) is 9.59 Å². The number of nitrogens with zero attached hydrogens (tertiary/aromatic N) is 2. The van der Waals surface area contributed by atoms with E-state index in [1.165, 1.54) is 19.2 Å². The molecule has 3 aromatic rings. The van der Waals surface area contributed by atoms with Gasteiger partial charge >= 0.3 is 5.97 Å². The predicted molar refractivity (Wildman–Crippen MR) is 141 cm³/mol. The van der Waals surface area contributed by atoms with E-state index in [0.29, 0.717) is 29.5 Å². The Morgan fingerprint density at radius 2 is 1.85 bits per heavy atom. The van der Waals surface area contributed by atoms with Gasteiger partial charge in [-0.05, 0) is 67.1 Å². The Bertz CT molecular complexity index is 1410. The van der Waals surface area contributed by atoms with Crippen LogP contribution < -0.4 is 16.0 Å². The van der Waals surface area contributed by atoms with Crippen LogP contribution in [0.3, 0.4) is 0 Å². The monoisotopic (exact) mass is 535 g/mol. The third kappa shape index (κ3) is 6.55. The lowest BCUT2D eigenvalue weighted by atomic mass is 10.0. The van der Waals surface area contributed by atoms with E-state index in [9.17, 15) is 23.9 Å². The number of carbonyl (C=O) groups is 3. The van der Waals surface area contributed by atoms with Gasteiger partial charge in [0, 0.05) is 18.7 Å². The molecule has 1 aliphatic rings. The van der Waals surface area contributed by atoms with Crippen LogP contribution in [0.25, 0.3) is 0 Å². The molecule has 0 bridgehead atoms. The van der Waals surface area contributed by atoms with Crippen molar-refractivity contribution in [2.75, 3.05) is 19.0 Å². The fourth-order valence-corrected chi connectivity index (χ4v) is 4.34. The Kier molecular flexibility index (Phi) is 8.50. The maximum Gasteiger partial charge on any atom is 0.337 e. The molecule has 4 rings (SSSR count). The van der Waals surface area contributed by atoms with Crippen LogP contribution in [0.1, 0.15) is 73.0 Å². The Hall–Kier alpha value is -4.38. The second-order valence-corrected chi connectivity index (χ2v) is 9.43. The number of hydrogen-bond donors (Lipinski definition) is 4. The maximum absolute atomic E-state index is 13.6. The maximum atomic E-state index is 13.6. The van der Waals surface area contributed by atoms with E-state index in [1.807, 2.05) is 0 Å². The molecule has 0 unspecified atom stereocenters. The highest BCUT2D eigenvalue weighted by Gasteiger charge is 2.27. The minimum absolute atomic E-state index is 0.0153. The van der Waals surface area contributed by atoms with Crippen molar-refractivity contribution in [2.24, 2.45) is 0 Å². The summed E-state index contributed by atoms with van der Waals surface area (Å²) in [7, 11) is 1.32. The van der Waals surface area contributed by atoms with Crippen LogP contribution >= 0.6 is 0 Å². The Balaban J connectivity index is 1.53. The minimum atomic E-state index is -0.547. The number of benzene rings is 2. The number of aromatic nitrogens is 2. The molecule has 1 aromatic heterocycles. The van der Waals surface area contributed by atoms with Gasteiger partial charge in [-0.15, -0.1) is 0 Å². The molecular formula is C28H30FN5O5. The highest BCUT2D eigenvalue weighted by atomic mass is 19.1. The first-order valence-electron chi connectivity index (χ1n) is 12.5. The number of aliphatic hydroxyl groups is 1. The van der Waals surface area contributed by atoms with Gasteiger partial charge in [0.05, 0.1) is 25.3 Å². The molecule has 0 fully saturated rings. The predicted octanol–water partition coefficient (Wildman–Crippen LogP) is 2.85. The third-order valence-corrected chi connectivity index (χ3v) is 6.46. The molecule has 1 heterocycles. The Labute approximate surface area is 225 Å². The normalized spacial score (nSPS) is 14.7. The molecule has 0 aliphatic heterocycles. The molecule has 2 atom stereocenters. The van der Waals surface area contributed by atoms with Crippen molar-refractivity contribution in [3.63, 3.8) is 0 Å². The van der Waals surface area contributed by atoms with Gasteiger partial charge in [0.15, 0.2) is 0 Å². The molecule has 11 heteroatoms. The molecule has 0 radical (unpaired) electrons. The molecule has 204 valence electrons. The Morgan fingerprint density at radius 3 is 2.54 bits per heavy atom. The van der Waals surface area contributed by atoms with Crippen molar-refractivity contribution in [1.29, 1.82) is 0 Å². The van der Waals surface area contributed by atoms with Gasteiger partial charge in [-0.1, -0.05) is 18.2 Å². The highest BCUT2D eigenvalue weighted by molar-refractivity contribution is 5.98. The summed E-state index contributed by atoms with van der Waals surface area (Å²) in [6, 6.07) is 10.3. The first kappa shape index (κ1) is 27.6. The summed E-state index contributed by atoms with van der Waals surface area (Å²) >= 11 is 0. The van der Waals surface area contributed by atoms with E-state index >= 15 is 0 Å². The van der Waals surface area contributed by atoms with E-state index in [4.69, 9.17) is 4.74 Å². The number of methoxy groups -OCH3 is 1. The van der Waals surface area contributed by atoms with E-state index in [-0.39, 0.29) is 42.3 Å². The molecule has 10 nitrogen and oxygen atoms in total. The van der Waals surface area contributed by atoms with Crippen molar-refractivity contribution in [3.05, 3.63) is 87.5 Å². The van der Waals surface area contributed by atoms with Gasteiger partial charge in [-0.25, -0.2) is 19.2 Å². The number of fused-ring (bicyclic) bond motifs is 1. The number of aliphatic hydroxyl groups excluding tert-OH is 1. The van der Waals surface area contributed by atoms with Crippen molar-refractivity contribution in [3.8, 4) is 0 Å². The molecule has 0 spiro atoms. The summed E-state index contributed by atoms with van der Waals surface area (Å²) in [6.45, 7) is 3.26. The fourth-order valence-electron chi connectivity index (χ4n) is 4.34. The zero-order valence-corrected chi connectivity index (χ0v) is 21.9. The summed E-state index contributed by atoms with van der Waals surface area (Å²) in [5, 5.41) is 18.0. The lowest BCUT2D eigenvalue weighted by Gasteiger charge is -2.16. The molecule has 4 N–H and O–H groups in total. The quantitative estimate of drug-likeness (QED) is 0.307. The Morgan fingerprint density at radius 1 is 1.10 bits per heavy atom. The summed E-state index contributed by atoms with van der Waals surface area (Å²) in [6.07, 6.45) is 1.31. The van der Waals surface area contributed by atoms with Crippen molar-refractivity contribution < 1.29 is 28.6 Å². The van der Waals surface area contributed by atoms with Crippen LogP contribution in [-0.4, -0.2) is 52.6 Å². The van der Waals surface area contributed by atoms with Crippen molar-refractivity contribution in [2.45, 2.75) is 45.3 Å². The third-order valence-electron chi connectivity index (χ3n) is 6.46. The number of ether oxygens (including phenoxy) is 1. The largest absolute Gasteiger partial charge is 0.465 e. The van der Waals surface area contributed by atoms with E-state index in [0.717, 1.165) is 11.1 Å². The number of carbonyl (C=O) groups excluding carboxylic acids is 3. The number of hydrogen-bond acceptors (Lipinski definition) is 8. The zero-order chi connectivity index (χ0) is 28.1. The summed E-state index contributed by atoms with van der Waals surface area (Å²) in [4.78, 5) is 46.5. The SMILES string of the molecule is COC(=O)c1ccc2c(c1)CC[C@@H]2NC(=O)c1cc(C(=O)NCc2ccc(F)c(C)c2)nc(N[C@H](C)CO)n1. The van der Waals surface area contributed by atoms with Gasteiger partial charge in [0.25, 0.3) is 11.8 Å². The van der Waals surface area contributed by atoms with E-state index in [1.54, 1.807) is 44.2 Å². The molecule has 0 saturated carbocycles.